The summed E-state index contributed by atoms with van der Waals surface area (Å²) in [7, 11) is 0. The van der Waals surface area contributed by atoms with Crippen LogP contribution in [0.2, 0.25) is 0 Å². The maximum Gasteiger partial charge on any atom is 0.336 e. The zero-order valence-corrected chi connectivity index (χ0v) is 16.2. The second-order valence-corrected chi connectivity index (χ2v) is 7.16. The van der Waals surface area contributed by atoms with Gasteiger partial charge in [-0.2, -0.15) is 5.26 Å². The third-order valence-electron chi connectivity index (χ3n) is 5.21. The van der Waals surface area contributed by atoms with Crippen molar-refractivity contribution in [1.82, 2.24) is 9.80 Å². The van der Waals surface area contributed by atoms with Crippen LogP contribution in [0.4, 0.5) is 0 Å². The number of nitrogens with zero attached hydrogens (tertiary/aromatic N) is 3. The third kappa shape index (κ3) is 5.16. The summed E-state index contributed by atoms with van der Waals surface area (Å²) in [5, 5.41) is 9.99. The molecule has 0 amide bonds. The van der Waals surface area contributed by atoms with Crippen molar-refractivity contribution < 1.29 is 9.15 Å². The van der Waals surface area contributed by atoms with E-state index in [1.807, 2.05) is 13.0 Å². The van der Waals surface area contributed by atoms with Gasteiger partial charge in [-0.3, -0.25) is 9.80 Å². The van der Waals surface area contributed by atoms with Gasteiger partial charge in [0.05, 0.1) is 19.3 Å². The maximum atomic E-state index is 12.0. The third-order valence-corrected chi connectivity index (χ3v) is 5.21. The van der Waals surface area contributed by atoms with E-state index in [2.05, 4.69) is 28.9 Å². The Hall–Kier alpha value is -2.20. The average molecular weight is 369 g/mol. The van der Waals surface area contributed by atoms with Gasteiger partial charge in [-0.15, -0.1) is 0 Å². The molecule has 1 aliphatic heterocycles. The van der Waals surface area contributed by atoms with Gasteiger partial charge in [-0.1, -0.05) is 0 Å². The number of benzene rings is 1. The minimum absolute atomic E-state index is 0.325. The highest BCUT2D eigenvalue weighted by Crippen LogP contribution is 2.22. The van der Waals surface area contributed by atoms with E-state index < -0.39 is 0 Å². The molecule has 1 aromatic carbocycles. The highest BCUT2D eigenvalue weighted by molar-refractivity contribution is 5.81. The Bertz CT molecular complexity index is 879. The van der Waals surface area contributed by atoms with Crippen LogP contribution in [0, 0.1) is 25.2 Å². The lowest BCUT2D eigenvalue weighted by Crippen LogP contribution is -2.41. The molecule has 1 saturated heterocycles. The molecule has 0 aliphatic carbocycles. The largest absolute Gasteiger partial charge is 0.423 e. The van der Waals surface area contributed by atoms with Gasteiger partial charge in [0.1, 0.15) is 5.58 Å². The van der Waals surface area contributed by atoms with E-state index in [-0.39, 0.29) is 5.63 Å². The predicted octanol–water partition coefficient (Wildman–Crippen LogP) is 2.46. The molecule has 0 atom stereocenters. The number of aryl methyl sites for hydroxylation is 2. The average Bonchev–Trinajstić information content (AvgIpc) is 2.66. The fourth-order valence-corrected chi connectivity index (χ4v) is 3.44. The van der Waals surface area contributed by atoms with Crippen molar-refractivity contribution in [2.75, 3.05) is 45.9 Å². The van der Waals surface area contributed by atoms with E-state index in [4.69, 9.17) is 14.4 Å². The first-order chi connectivity index (χ1) is 13.1. The van der Waals surface area contributed by atoms with Gasteiger partial charge >= 0.3 is 5.63 Å². The Balaban J connectivity index is 1.80. The van der Waals surface area contributed by atoms with Crippen molar-refractivity contribution in [3.05, 3.63) is 45.3 Å². The molecule has 144 valence electrons. The standard InChI is InChI=1S/C21H27N3O3/c1-16-12-19-18(14-21(25)27-20(19)13-17(16)2)15-24(5-3-4-22)7-6-23-8-10-26-11-9-23/h12-14H,3,5-11,15H2,1-2H3. The second kappa shape index (κ2) is 9.14. The Labute approximate surface area is 159 Å². The van der Waals surface area contributed by atoms with Crippen LogP contribution in [-0.2, 0) is 11.3 Å². The van der Waals surface area contributed by atoms with Gasteiger partial charge in [0.15, 0.2) is 0 Å². The first-order valence-electron chi connectivity index (χ1n) is 9.50. The lowest BCUT2D eigenvalue weighted by molar-refractivity contribution is 0.0330. The molecule has 0 spiro atoms. The summed E-state index contributed by atoms with van der Waals surface area (Å²) in [4.78, 5) is 16.7. The Kier molecular flexibility index (Phi) is 6.62. The molecule has 1 aliphatic rings. The number of fused-ring (bicyclic) bond motifs is 1. The van der Waals surface area contributed by atoms with Gasteiger partial charge in [0, 0.05) is 57.1 Å². The quantitative estimate of drug-likeness (QED) is 0.698. The van der Waals surface area contributed by atoms with Crippen LogP contribution < -0.4 is 5.63 Å². The van der Waals surface area contributed by atoms with E-state index in [1.54, 1.807) is 6.07 Å². The van der Waals surface area contributed by atoms with Crippen molar-refractivity contribution in [2.45, 2.75) is 26.8 Å². The molecule has 6 nitrogen and oxygen atoms in total. The van der Waals surface area contributed by atoms with Gasteiger partial charge < -0.3 is 9.15 Å². The zero-order chi connectivity index (χ0) is 19.2. The first kappa shape index (κ1) is 19.6. The van der Waals surface area contributed by atoms with Crippen LogP contribution in [0.3, 0.4) is 0 Å². The minimum Gasteiger partial charge on any atom is -0.423 e. The summed E-state index contributed by atoms with van der Waals surface area (Å²) >= 11 is 0. The summed E-state index contributed by atoms with van der Waals surface area (Å²) < 4.78 is 10.8. The van der Waals surface area contributed by atoms with Crippen molar-refractivity contribution in [2.24, 2.45) is 0 Å². The van der Waals surface area contributed by atoms with Crippen molar-refractivity contribution in [3.63, 3.8) is 0 Å². The fraction of sp³-hybridized carbons (Fsp3) is 0.524. The number of hydrogen-bond donors (Lipinski definition) is 0. The summed E-state index contributed by atoms with van der Waals surface area (Å²) in [6, 6.07) is 7.84. The lowest BCUT2D eigenvalue weighted by Gasteiger charge is -2.30. The van der Waals surface area contributed by atoms with E-state index in [1.165, 1.54) is 5.56 Å². The molecule has 2 aromatic rings. The molecule has 27 heavy (non-hydrogen) atoms. The lowest BCUT2D eigenvalue weighted by atomic mass is 10.0. The zero-order valence-electron chi connectivity index (χ0n) is 16.2. The second-order valence-electron chi connectivity index (χ2n) is 7.16. The van der Waals surface area contributed by atoms with Crippen molar-refractivity contribution in [1.29, 1.82) is 5.26 Å². The van der Waals surface area contributed by atoms with Gasteiger partial charge in [-0.05, 0) is 42.7 Å². The monoisotopic (exact) mass is 369 g/mol. The molecule has 0 bridgehead atoms. The normalized spacial score (nSPS) is 15.3. The van der Waals surface area contributed by atoms with Crippen molar-refractivity contribution in [3.8, 4) is 6.07 Å². The number of morpholine rings is 1. The van der Waals surface area contributed by atoms with E-state index in [9.17, 15) is 4.79 Å². The minimum atomic E-state index is -0.325. The molecule has 0 N–H and O–H groups in total. The highest BCUT2D eigenvalue weighted by atomic mass is 16.5. The Morgan fingerprint density at radius 1 is 1.15 bits per heavy atom. The van der Waals surface area contributed by atoms with Crippen LogP contribution >= 0.6 is 0 Å². The summed E-state index contributed by atoms with van der Waals surface area (Å²) in [5.41, 5.74) is 3.55. The molecule has 0 radical (unpaired) electrons. The van der Waals surface area contributed by atoms with Gasteiger partial charge in [0.25, 0.3) is 0 Å². The van der Waals surface area contributed by atoms with Crippen LogP contribution in [0.5, 0.6) is 0 Å². The molecule has 1 aromatic heterocycles. The number of hydrogen-bond acceptors (Lipinski definition) is 6. The van der Waals surface area contributed by atoms with Crippen LogP contribution in [-0.4, -0.2) is 55.7 Å². The molecule has 3 rings (SSSR count). The van der Waals surface area contributed by atoms with E-state index in [0.29, 0.717) is 25.1 Å². The number of ether oxygens (including phenoxy) is 1. The molecular formula is C21H27N3O3. The Morgan fingerprint density at radius 2 is 1.89 bits per heavy atom. The van der Waals surface area contributed by atoms with E-state index in [0.717, 1.165) is 55.9 Å². The molecule has 0 saturated carbocycles. The van der Waals surface area contributed by atoms with Crippen LogP contribution in [0.15, 0.2) is 27.4 Å². The summed E-state index contributed by atoms with van der Waals surface area (Å²) in [5.74, 6) is 0. The predicted molar refractivity (Wildman–Crippen MR) is 105 cm³/mol. The maximum absolute atomic E-state index is 12.0. The highest BCUT2D eigenvalue weighted by Gasteiger charge is 2.15. The summed E-state index contributed by atoms with van der Waals surface area (Å²) in [6.45, 7) is 10.6. The molecule has 1 fully saturated rings. The summed E-state index contributed by atoms with van der Waals surface area (Å²) in [6.07, 6.45) is 0.473. The molecule has 6 heteroatoms. The smallest absolute Gasteiger partial charge is 0.336 e. The molecule has 0 unspecified atom stereocenters. The number of nitriles is 1. The van der Waals surface area contributed by atoms with Crippen LogP contribution in [0.25, 0.3) is 11.0 Å². The fourth-order valence-electron chi connectivity index (χ4n) is 3.44. The first-order valence-corrected chi connectivity index (χ1v) is 9.50. The van der Waals surface area contributed by atoms with Gasteiger partial charge in [0.2, 0.25) is 0 Å². The topological polar surface area (TPSA) is 69.7 Å². The van der Waals surface area contributed by atoms with Crippen molar-refractivity contribution >= 4 is 11.0 Å². The molecular weight excluding hydrogens is 342 g/mol. The van der Waals surface area contributed by atoms with Crippen LogP contribution in [0.1, 0.15) is 23.1 Å². The SMILES string of the molecule is Cc1cc2oc(=O)cc(CN(CCC#N)CCN3CCOCC3)c2cc1C. The van der Waals surface area contributed by atoms with Gasteiger partial charge in [-0.25, -0.2) is 4.79 Å². The number of rotatable bonds is 7. The van der Waals surface area contributed by atoms with E-state index >= 15 is 0 Å². The Morgan fingerprint density at radius 3 is 2.63 bits per heavy atom. The molecule has 2 heterocycles.